The highest BCUT2D eigenvalue weighted by molar-refractivity contribution is 5.81. The Labute approximate surface area is 205 Å². The van der Waals surface area contributed by atoms with Crippen molar-refractivity contribution in [3.63, 3.8) is 0 Å². The summed E-state index contributed by atoms with van der Waals surface area (Å²) < 4.78 is 10.9. The summed E-state index contributed by atoms with van der Waals surface area (Å²) in [6.07, 6.45) is -1.08. The fourth-order valence-corrected chi connectivity index (χ4v) is 5.03. The average Bonchev–Trinajstić information content (AvgIpc) is 3.35. The number of nitrogens with zero attached hydrogens (tertiary/aromatic N) is 1. The standard InChI is InChI=1S/C27H32N2O6/c1-17-14-29(16-27(17,2)25(31)32)24(30)12-18(34-3)13-28-26(33)35-15-23-21-10-6-4-8-19(21)20-9-5-7-11-22(20)23/h4-11,17-18,23H,12-16H2,1-3H3,(H,28,33)(H,31,32)/t17-,18?,27-/m1/s1. The van der Waals surface area contributed by atoms with Crippen LogP contribution in [0.2, 0.25) is 0 Å². The van der Waals surface area contributed by atoms with Gasteiger partial charge in [0.15, 0.2) is 0 Å². The first kappa shape index (κ1) is 24.7. The molecule has 0 saturated carbocycles. The Morgan fingerprint density at radius 3 is 2.26 bits per heavy atom. The zero-order valence-corrected chi connectivity index (χ0v) is 20.3. The van der Waals surface area contributed by atoms with Gasteiger partial charge in [0.1, 0.15) is 6.61 Å². The molecule has 2 N–H and O–H groups in total. The summed E-state index contributed by atoms with van der Waals surface area (Å²) in [5.74, 6) is -1.28. The number of carbonyl (C=O) groups excluding carboxylic acids is 2. The van der Waals surface area contributed by atoms with Crippen LogP contribution in [0, 0.1) is 11.3 Å². The molecular formula is C27H32N2O6. The van der Waals surface area contributed by atoms with Gasteiger partial charge in [-0.3, -0.25) is 9.59 Å². The Bertz CT molecular complexity index is 1070. The van der Waals surface area contributed by atoms with Gasteiger partial charge >= 0.3 is 12.1 Å². The Hall–Kier alpha value is -3.39. The first-order valence-corrected chi connectivity index (χ1v) is 11.9. The molecular weight excluding hydrogens is 448 g/mol. The highest BCUT2D eigenvalue weighted by Gasteiger charge is 2.47. The number of carboxylic acid groups (broad SMARTS) is 1. The largest absolute Gasteiger partial charge is 0.481 e. The first-order chi connectivity index (χ1) is 16.7. The van der Waals surface area contributed by atoms with Gasteiger partial charge in [0.2, 0.25) is 5.91 Å². The van der Waals surface area contributed by atoms with Crippen LogP contribution >= 0.6 is 0 Å². The Morgan fingerprint density at radius 2 is 1.71 bits per heavy atom. The number of alkyl carbamates (subject to hydrolysis) is 1. The number of fused-ring (bicyclic) bond motifs is 3. The van der Waals surface area contributed by atoms with Gasteiger partial charge in [-0.2, -0.15) is 0 Å². The van der Waals surface area contributed by atoms with E-state index in [2.05, 4.69) is 29.6 Å². The maximum absolute atomic E-state index is 12.8. The third kappa shape index (κ3) is 4.89. The highest BCUT2D eigenvalue weighted by Crippen LogP contribution is 2.44. The van der Waals surface area contributed by atoms with Crippen LogP contribution in [0.3, 0.4) is 0 Å². The van der Waals surface area contributed by atoms with Crippen LogP contribution in [-0.4, -0.2) is 67.4 Å². The summed E-state index contributed by atoms with van der Waals surface area (Å²) in [4.78, 5) is 38.4. The molecule has 0 radical (unpaired) electrons. The van der Waals surface area contributed by atoms with Gasteiger partial charge < -0.3 is 24.8 Å². The normalized spacial score (nSPS) is 21.8. The number of carbonyl (C=O) groups is 3. The molecule has 1 aliphatic carbocycles. The predicted octanol–water partition coefficient (Wildman–Crippen LogP) is 3.50. The number of hydrogen-bond acceptors (Lipinski definition) is 5. The number of amides is 2. The molecule has 8 heteroatoms. The first-order valence-electron chi connectivity index (χ1n) is 11.9. The van der Waals surface area contributed by atoms with Gasteiger partial charge in [-0.1, -0.05) is 55.5 Å². The lowest BCUT2D eigenvalue weighted by Gasteiger charge is -2.23. The Kier molecular flexibility index (Phi) is 7.12. The van der Waals surface area contributed by atoms with Crippen LogP contribution in [0.25, 0.3) is 11.1 Å². The fourth-order valence-electron chi connectivity index (χ4n) is 5.03. The summed E-state index contributed by atoms with van der Waals surface area (Å²) >= 11 is 0. The summed E-state index contributed by atoms with van der Waals surface area (Å²) in [6, 6.07) is 16.2. The molecule has 2 aromatic carbocycles. The van der Waals surface area contributed by atoms with E-state index >= 15 is 0 Å². The van der Waals surface area contributed by atoms with Gasteiger partial charge in [-0.05, 0) is 35.1 Å². The van der Waals surface area contributed by atoms with Gasteiger partial charge in [-0.25, -0.2) is 4.79 Å². The lowest BCUT2D eigenvalue weighted by atomic mass is 9.81. The molecule has 1 heterocycles. The van der Waals surface area contributed by atoms with E-state index in [0.717, 1.165) is 22.3 Å². The van der Waals surface area contributed by atoms with E-state index in [1.54, 1.807) is 11.8 Å². The topological polar surface area (TPSA) is 105 Å². The molecule has 0 spiro atoms. The van der Waals surface area contributed by atoms with Crippen molar-refractivity contribution in [2.24, 2.45) is 11.3 Å². The number of likely N-dealkylation sites (tertiary alicyclic amines) is 1. The minimum atomic E-state index is -0.961. The molecule has 1 fully saturated rings. The Morgan fingerprint density at radius 1 is 1.11 bits per heavy atom. The van der Waals surface area contributed by atoms with Crippen molar-refractivity contribution in [2.75, 3.05) is 33.4 Å². The molecule has 3 atom stereocenters. The molecule has 35 heavy (non-hydrogen) atoms. The second-order valence-corrected chi connectivity index (χ2v) is 9.67. The second-order valence-electron chi connectivity index (χ2n) is 9.67. The van der Waals surface area contributed by atoms with Gasteiger partial charge in [0.05, 0.1) is 17.9 Å². The maximum atomic E-state index is 12.8. The monoisotopic (exact) mass is 480 g/mol. The SMILES string of the molecule is COC(CNC(=O)OCC1c2ccccc2-c2ccccc21)CC(=O)N1C[C@@H](C)[C@](C)(C(=O)O)C1. The van der Waals surface area contributed by atoms with Gasteiger partial charge in [0.25, 0.3) is 0 Å². The zero-order valence-electron chi connectivity index (χ0n) is 20.3. The number of hydrogen-bond donors (Lipinski definition) is 2. The minimum Gasteiger partial charge on any atom is -0.481 e. The van der Waals surface area contributed by atoms with Crippen LogP contribution in [0.15, 0.2) is 48.5 Å². The van der Waals surface area contributed by atoms with E-state index in [-0.39, 0.29) is 43.9 Å². The molecule has 8 nitrogen and oxygen atoms in total. The van der Waals surface area contributed by atoms with Crippen molar-refractivity contribution < 1.29 is 29.0 Å². The van der Waals surface area contributed by atoms with Crippen LogP contribution in [0.1, 0.15) is 37.3 Å². The third-order valence-electron chi connectivity index (χ3n) is 7.50. The second kappa shape index (κ2) is 10.1. The molecule has 1 saturated heterocycles. The van der Waals surface area contributed by atoms with Crippen molar-refractivity contribution >= 4 is 18.0 Å². The molecule has 2 amide bonds. The number of rotatable bonds is 8. The lowest BCUT2D eigenvalue weighted by molar-refractivity contribution is -0.149. The molecule has 1 aliphatic heterocycles. The van der Waals surface area contributed by atoms with Crippen LogP contribution < -0.4 is 5.32 Å². The van der Waals surface area contributed by atoms with E-state index < -0.39 is 23.6 Å². The average molecular weight is 481 g/mol. The summed E-state index contributed by atoms with van der Waals surface area (Å²) in [7, 11) is 1.48. The van der Waals surface area contributed by atoms with E-state index in [0.29, 0.717) is 6.54 Å². The number of carboxylic acids is 1. The van der Waals surface area contributed by atoms with Gasteiger partial charge in [0, 0.05) is 32.7 Å². The molecule has 0 bridgehead atoms. The number of methoxy groups -OCH3 is 1. The molecule has 2 aliphatic rings. The fraction of sp³-hybridized carbons (Fsp3) is 0.444. The van der Waals surface area contributed by atoms with Crippen LogP contribution in [0.4, 0.5) is 4.79 Å². The van der Waals surface area contributed by atoms with Crippen LogP contribution in [0.5, 0.6) is 0 Å². The lowest BCUT2D eigenvalue weighted by Crippen LogP contribution is -2.40. The molecule has 186 valence electrons. The highest BCUT2D eigenvalue weighted by atomic mass is 16.5. The van der Waals surface area contributed by atoms with Gasteiger partial charge in [-0.15, -0.1) is 0 Å². The van der Waals surface area contributed by atoms with Crippen molar-refractivity contribution in [2.45, 2.75) is 32.3 Å². The van der Waals surface area contributed by atoms with Crippen molar-refractivity contribution in [3.8, 4) is 11.1 Å². The Balaban J connectivity index is 1.28. The van der Waals surface area contributed by atoms with E-state index in [4.69, 9.17) is 9.47 Å². The molecule has 1 unspecified atom stereocenters. The smallest absolute Gasteiger partial charge is 0.407 e. The summed E-state index contributed by atoms with van der Waals surface area (Å²) in [6.45, 7) is 4.37. The third-order valence-corrected chi connectivity index (χ3v) is 7.50. The number of aliphatic carboxylic acids is 1. The molecule has 4 rings (SSSR count). The van der Waals surface area contributed by atoms with Crippen molar-refractivity contribution in [1.29, 1.82) is 0 Å². The van der Waals surface area contributed by atoms with E-state index in [1.165, 1.54) is 7.11 Å². The zero-order chi connectivity index (χ0) is 25.2. The van der Waals surface area contributed by atoms with Crippen molar-refractivity contribution in [3.05, 3.63) is 59.7 Å². The minimum absolute atomic E-state index is 0.0337. The van der Waals surface area contributed by atoms with Crippen LogP contribution in [-0.2, 0) is 19.1 Å². The summed E-state index contributed by atoms with van der Waals surface area (Å²) in [5.41, 5.74) is 3.62. The molecule has 0 aromatic heterocycles. The van der Waals surface area contributed by atoms with E-state index in [9.17, 15) is 19.5 Å². The predicted molar refractivity (Wildman–Crippen MR) is 130 cm³/mol. The van der Waals surface area contributed by atoms with E-state index in [1.807, 2.05) is 31.2 Å². The number of benzene rings is 2. The maximum Gasteiger partial charge on any atom is 0.407 e. The number of ether oxygens (including phenoxy) is 2. The number of nitrogens with one attached hydrogen (secondary N) is 1. The summed E-state index contributed by atoms with van der Waals surface area (Å²) in [5, 5.41) is 12.2. The molecule has 2 aromatic rings. The quantitative estimate of drug-likeness (QED) is 0.599. The van der Waals surface area contributed by atoms with Crippen molar-refractivity contribution in [1.82, 2.24) is 10.2 Å².